The molecule has 5 heteroatoms. The number of carboxylic acids is 1. The number of benzene rings is 1. The first-order valence-electron chi connectivity index (χ1n) is 7.71. The molecule has 22 heavy (non-hydrogen) atoms. The van der Waals surface area contributed by atoms with Crippen LogP contribution in [-0.4, -0.2) is 41.1 Å². The molecule has 1 fully saturated rings. The molecule has 1 atom stereocenters. The Morgan fingerprint density at radius 2 is 2.00 bits per heavy atom. The number of piperidine rings is 1. The normalized spacial score (nSPS) is 19.1. The highest BCUT2D eigenvalue weighted by Gasteiger charge is 2.25. The Morgan fingerprint density at radius 1 is 1.32 bits per heavy atom. The van der Waals surface area contributed by atoms with Crippen LogP contribution in [0.4, 0.5) is 0 Å². The molecule has 5 nitrogen and oxygen atoms in total. The number of esters is 1. The standard InChI is InChI=1S/C17H23NO4/c1-12(2)22-17(21)14-7-5-13(6-8-14)10-18-9-3-4-15(11-18)16(19)20/h5-8,12,15H,3-4,9-11H2,1-2H3,(H,19,20). The summed E-state index contributed by atoms with van der Waals surface area (Å²) in [6.45, 7) is 5.86. The third-order valence-corrected chi connectivity index (χ3v) is 3.79. The van der Waals surface area contributed by atoms with Gasteiger partial charge in [0.15, 0.2) is 0 Å². The van der Waals surface area contributed by atoms with Crippen molar-refractivity contribution in [3.05, 3.63) is 35.4 Å². The predicted octanol–water partition coefficient (Wildman–Crippen LogP) is 2.55. The van der Waals surface area contributed by atoms with Crippen molar-refractivity contribution < 1.29 is 19.4 Å². The topological polar surface area (TPSA) is 66.8 Å². The van der Waals surface area contributed by atoms with Crippen LogP contribution in [0.15, 0.2) is 24.3 Å². The number of hydrogen-bond acceptors (Lipinski definition) is 4. The number of hydrogen-bond donors (Lipinski definition) is 1. The first-order valence-corrected chi connectivity index (χ1v) is 7.71. The number of rotatable bonds is 5. The average molecular weight is 305 g/mol. The van der Waals surface area contributed by atoms with Crippen LogP contribution in [0.1, 0.15) is 42.6 Å². The fourth-order valence-electron chi connectivity index (χ4n) is 2.69. The van der Waals surface area contributed by atoms with Gasteiger partial charge in [0.25, 0.3) is 0 Å². The van der Waals surface area contributed by atoms with Crippen LogP contribution < -0.4 is 0 Å². The molecule has 0 aromatic heterocycles. The molecule has 1 aliphatic heterocycles. The first kappa shape index (κ1) is 16.5. The van der Waals surface area contributed by atoms with E-state index in [-0.39, 0.29) is 18.0 Å². The van der Waals surface area contributed by atoms with E-state index in [1.165, 1.54) is 0 Å². The van der Waals surface area contributed by atoms with Crippen molar-refractivity contribution in [3.8, 4) is 0 Å². The molecular formula is C17H23NO4. The Bertz CT molecular complexity index is 524. The summed E-state index contributed by atoms with van der Waals surface area (Å²) in [5.74, 6) is -1.30. The fourth-order valence-corrected chi connectivity index (χ4v) is 2.69. The zero-order valence-electron chi connectivity index (χ0n) is 13.1. The van der Waals surface area contributed by atoms with Gasteiger partial charge in [-0.05, 0) is 50.9 Å². The Morgan fingerprint density at radius 3 is 2.59 bits per heavy atom. The van der Waals surface area contributed by atoms with Gasteiger partial charge >= 0.3 is 11.9 Å². The molecule has 1 aromatic carbocycles. The van der Waals surface area contributed by atoms with Gasteiger partial charge in [0, 0.05) is 13.1 Å². The van der Waals surface area contributed by atoms with Crippen molar-refractivity contribution in [3.63, 3.8) is 0 Å². The van der Waals surface area contributed by atoms with E-state index >= 15 is 0 Å². The summed E-state index contributed by atoms with van der Waals surface area (Å²) in [5, 5.41) is 9.11. The van der Waals surface area contributed by atoms with Gasteiger partial charge in [-0.25, -0.2) is 4.79 Å². The lowest BCUT2D eigenvalue weighted by Crippen LogP contribution is -2.38. The molecule has 1 unspecified atom stereocenters. The van der Waals surface area contributed by atoms with E-state index in [0.717, 1.165) is 24.9 Å². The number of nitrogens with zero attached hydrogens (tertiary/aromatic N) is 1. The summed E-state index contributed by atoms with van der Waals surface area (Å²) in [4.78, 5) is 25.0. The van der Waals surface area contributed by atoms with Crippen LogP contribution in [0.2, 0.25) is 0 Å². The fraction of sp³-hybridized carbons (Fsp3) is 0.529. The van der Waals surface area contributed by atoms with Crippen LogP contribution >= 0.6 is 0 Å². The molecule has 1 aliphatic rings. The van der Waals surface area contributed by atoms with E-state index in [1.807, 2.05) is 26.0 Å². The molecule has 1 heterocycles. The third kappa shape index (κ3) is 4.56. The second-order valence-electron chi connectivity index (χ2n) is 6.06. The lowest BCUT2D eigenvalue weighted by Gasteiger charge is -2.30. The van der Waals surface area contributed by atoms with Gasteiger partial charge in [-0.2, -0.15) is 0 Å². The van der Waals surface area contributed by atoms with Gasteiger partial charge in [0.05, 0.1) is 17.6 Å². The van der Waals surface area contributed by atoms with E-state index in [9.17, 15) is 9.59 Å². The number of carbonyl (C=O) groups excluding carboxylic acids is 1. The van der Waals surface area contributed by atoms with Crippen molar-refractivity contribution in [2.24, 2.45) is 5.92 Å². The maximum Gasteiger partial charge on any atom is 0.338 e. The van der Waals surface area contributed by atoms with Crippen molar-refractivity contribution in [2.75, 3.05) is 13.1 Å². The Kier molecular flexibility index (Phi) is 5.55. The molecule has 0 radical (unpaired) electrons. The SMILES string of the molecule is CC(C)OC(=O)c1ccc(CN2CCCC(C(=O)O)C2)cc1. The van der Waals surface area contributed by atoms with Crippen LogP contribution in [0.5, 0.6) is 0 Å². The highest BCUT2D eigenvalue weighted by Crippen LogP contribution is 2.19. The maximum absolute atomic E-state index is 11.8. The summed E-state index contributed by atoms with van der Waals surface area (Å²) in [6, 6.07) is 7.33. The molecule has 0 bridgehead atoms. The molecular weight excluding hydrogens is 282 g/mol. The van der Waals surface area contributed by atoms with Gasteiger partial charge in [-0.15, -0.1) is 0 Å². The third-order valence-electron chi connectivity index (χ3n) is 3.79. The van der Waals surface area contributed by atoms with E-state index in [0.29, 0.717) is 18.7 Å². The Labute approximate surface area is 130 Å². The minimum absolute atomic E-state index is 0.131. The Balaban J connectivity index is 1.93. The van der Waals surface area contributed by atoms with Crippen molar-refractivity contribution >= 4 is 11.9 Å². The first-order chi connectivity index (χ1) is 10.5. The largest absolute Gasteiger partial charge is 0.481 e. The lowest BCUT2D eigenvalue weighted by molar-refractivity contribution is -0.143. The molecule has 0 amide bonds. The number of likely N-dealkylation sites (tertiary alicyclic amines) is 1. The maximum atomic E-state index is 11.8. The van der Waals surface area contributed by atoms with Crippen LogP contribution in [0, 0.1) is 5.92 Å². The predicted molar refractivity (Wildman–Crippen MR) is 82.6 cm³/mol. The summed E-state index contributed by atoms with van der Waals surface area (Å²) < 4.78 is 5.15. The van der Waals surface area contributed by atoms with E-state index in [1.54, 1.807) is 12.1 Å². The van der Waals surface area contributed by atoms with Crippen LogP contribution in [0.25, 0.3) is 0 Å². The number of aliphatic carboxylic acids is 1. The molecule has 0 spiro atoms. The smallest absolute Gasteiger partial charge is 0.338 e. The highest BCUT2D eigenvalue weighted by atomic mass is 16.5. The lowest BCUT2D eigenvalue weighted by atomic mass is 9.98. The van der Waals surface area contributed by atoms with E-state index in [4.69, 9.17) is 9.84 Å². The minimum atomic E-state index is -0.712. The van der Waals surface area contributed by atoms with Crippen molar-refractivity contribution in [1.29, 1.82) is 0 Å². The zero-order valence-corrected chi connectivity index (χ0v) is 13.1. The summed E-state index contributed by atoms with van der Waals surface area (Å²) in [6.07, 6.45) is 1.54. The van der Waals surface area contributed by atoms with Crippen molar-refractivity contribution in [1.82, 2.24) is 4.90 Å². The van der Waals surface area contributed by atoms with E-state index < -0.39 is 5.97 Å². The Hall–Kier alpha value is -1.88. The van der Waals surface area contributed by atoms with E-state index in [2.05, 4.69) is 4.90 Å². The highest BCUT2D eigenvalue weighted by molar-refractivity contribution is 5.89. The monoisotopic (exact) mass is 305 g/mol. The zero-order chi connectivity index (χ0) is 16.1. The van der Waals surface area contributed by atoms with Gasteiger partial charge < -0.3 is 9.84 Å². The quantitative estimate of drug-likeness (QED) is 0.847. The van der Waals surface area contributed by atoms with Gasteiger partial charge in [0.1, 0.15) is 0 Å². The number of carbonyl (C=O) groups is 2. The number of ether oxygens (including phenoxy) is 1. The average Bonchev–Trinajstić information content (AvgIpc) is 2.47. The molecule has 1 N–H and O–H groups in total. The van der Waals surface area contributed by atoms with Crippen LogP contribution in [0.3, 0.4) is 0 Å². The van der Waals surface area contributed by atoms with Gasteiger partial charge in [0.2, 0.25) is 0 Å². The minimum Gasteiger partial charge on any atom is -0.481 e. The molecule has 0 saturated carbocycles. The van der Waals surface area contributed by atoms with Gasteiger partial charge in [-0.1, -0.05) is 12.1 Å². The summed E-state index contributed by atoms with van der Waals surface area (Å²) >= 11 is 0. The second kappa shape index (κ2) is 7.40. The second-order valence-corrected chi connectivity index (χ2v) is 6.06. The molecule has 2 rings (SSSR count). The molecule has 120 valence electrons. The molecule has 1 aromatic rings. The van der Waals surface area contributed by atoms with Gasteiger partial charge in [-0.3, -0.25) is 9.69 Å². The number of carboxylic acid groups (broad SMARTS) is 1. The summed E-state index contributed by atoms with van der Waals surface area (Å²) in [7, 11) is 0. The van der Waals surface area contributed by atoms with Crippen molar-refractivity contribution in [2.45, 2.75) is 39.3 Å². The molecule has 1 saturated heterocycles. The van der Waals surface area contributed by atoms with Crippen LogP contribution in [-0.2, 0) is 16.1 Å². The molecule has 0 aliphatic carbocycles. The summed E-state index contributed by atoms with van der Waals surface area (Å²) in [5.41, 5.74) is 1.62.